The van der Waals surface area contributed by atoms with Gasteiger partial charge in [0.05, 0.1) is 10.9 Å². The maximum atomic E-state index is 12.7. The number of aromatic amines is 1. The second kappa shape index (κ2) is 6.38. The highest BCUT2D eigenvalue weighted by Crippen LogP contribution is 2.36. The van der Waals surface area contributed by atoms with E-state index >= 15 is 0 Å². The number of rotatable bonds is 2. The zero-order valence-electron chi connectivity index (χ0n) is 14.6. The number of carbonyl (C=O) groups is 1. The number of hydrogen-bond acceptors (Lipinski definition) is 3. The Balaban J connectivity index is 1.96. The van der Waals surface area contributed by atoms with Gasteiger partial charge in [0.1, 0.15) is 5.82 Å². The maximum Gasteiger partial charge on any atom is 0.258 e. The first-order chi connectivity index (χ1) is 11.3. The Morgan fingerprint density at radius 3 is 2.67 bits per heavy atom. The van der Waals surface area contributed by atoms with Crippen molar-refractivity contribution in [2.24, 2.45) is 5.92 Å². The van der Waals surface area contributed by atoms with Crippen molar-refractivity contribution in [1.82, 2.24) is 15.3 Å². The third-order valence-electron chi connectivity index (χ3n) is 4.58. The topological polar surface area (TPSA) is 74.8 Å². The smallest absolute Gasteiger partial charge is 0.258 e. The fourth-order valence-electron chi connectivity index (χ4n) is 3.51. The van der Waals surface area contributed by atoms with Crippen LogP contribution in [0.25, 0.3) is 10.9 Å². The van der Waals surface area contributed by atoms with E-state index in [1.54, 1.807) is 6.07 Å². The summed E-state index contributed by atoms with van der Waals surface area (Å²) >= 11 is 0. The van der Waals surface area contributed by atoms with Crippen molar-refractivity contribution < 1.29 is 4.79 Å². The highest BCUT2D eigenvalue weighted by molar-refractivity contribution is 5.81. The molecule has 0 bridgehead atoms. The number of benzene rings is 1. The summed E-state index contributed by atoms with van der Waals surface area (Å²) in [5.74, 6) is 0.538. The second-order valence-electron chi connectivity index (χ2n) is 7.71. The molecule has 0 spiro atoms. The molecule has 2 aromatic rings. The average molecular weight is 327 g/mol. The molecule has 1 amide bonds. The number of fused-ring (bicyclic) bond motifs is 1. The van der Waals surface area contributed by atoms with Crippen LogP contribution in [0.4, 0.5) is 0 Å². The summed E-state index contributed by atoms with van der Waals surface area (Å²) in [7, 11) is 0. The van der Waals surface area contributed by atoms with E-state index < -0.39 is 0 Å². The third kappa shape index (κ3) is 3.50. The summed E-state index contributed by atoms with van der Waals surface area (Å²) in [6.45, 7) is 5.96. The van der Waals surface area contributed by atoms with E-state index in [4.69, 9.17) is 0 Å². The van der Waals surface area contributed by atoms with Crippen molar-refractivity contribution in [3.8, 4) is 0 Å². The lowest BCUT2D eigenvalue weighted by atomic mass is 9.77. The minimum atomic E-state index is -0.261. The first-order valence-corrected chi connectivity index (χ1v) is 8.66. The van der Waals surface area contributed by atoms with Crippen molar-refractivity contribution >= 4 is 16.8 Å². The summed E-state index contributed by atoms with van der Waals surface area (Å²) in [6.07, 6.45) is 3.81. The molecule has 24 heavy (non-hydrogen) atoms. The van der Waals surface area contributed by atoms with Gasteiger partial charge in [0.2, 0.25) is 5.91 Å². The largest absolute Gasteiger partial charge is 0.351 e. The van der Waals surface area contributed by atoms with Crippen LogP contribution in [-0.4, -0.2) is 21.4 Å². The van der Waals surface area contributed by atoms with Gasteiger partial charge in [0, 0.05) is 17.4 Å². The predicted molar refractivity (Wildman–Crippen MR) is 95.0 cm³/mol. The van der Waals surface area contributed by atoms with Crippen LogP contribution in [0, 0.1) is 5.92 Å². The van der Waals surface area contributed by atoms with Crippen LogP contribution in [0.15, 0.2) is 29.1 Å². The van der Waals surface area contributed by atoms with E-state index in [1.807, 2.05) is 39.0 Å². The molecule has 1 saturated carbocycles. The highest BCUT2D eigenvalue weighted by Gasteiger charge is 2.35. The summed E-state index contributed by atoms with van der Waals surface area (Å²) in [4.78, 5) is 32.6. The molecule has 1 aromatic heterocycles. The van der Waals surface area contributed by atoms with Gasteiger partial charge in [0.25, 0.3) is 5.56 Å². The van der Waals surface area contributed by atoms with E-state index in [2.05, 4.69) is 15.3 Å². The van der Waals surface area contributed by atoms with E-state index in [0.29, 0.717) is 16.7 Å². The molecule has 1 aromatic carbocycles. The lowest BCUT2D eigenvalue weighted by Gasteiger charge is -2.32. The van der Waals surface area contributed by atoms with Gasteiger partial charge in [-0.3, -0.25) is 9.59 Å². The van der Waals surface area contributed by atoms with Crippen LogP contribution < -0.4 is 10.9 Å². The van der Waals surface area contributed by atoms with Crippen molar-refractivity contribution in [2.75, 3.05) is 0 Å². The molecular formula is C19H25N3O2. The quantitative estimate of drug-likeness (QED) is 0.890. The Morgan fingerprint density at radius 2 is 1.92 bits per heavy atom. The lowest BCUT2D eigenvalue weighted by Crippen LogP contribution is -2.46. The van der Waals surface area contributed by atoms with Crippen molar-refractivity contribution in [3.63, 3.8) is 0 Å². The van der Waals surface area contributed by atoms with E-state index in [0.717, 1.165) is 25.7 Å². The van der Waals surface area contributed by atoms with Crippen LogP contribution in [0.1, 0.15) is 58.2 Å². The van der Waals surface area contributed by atoms with Gasteiger partial charge in [0.15, 0.2) is 0 Å². The SMILES string of the molecule is CC(C)(C)NC(=O)[C@H]1CCCC[C@@H]1c1nc2ccccc2c(=O)[nH]1. The van der Waals surface area contributed by atoms with E-state index in [9.17, 15) is 9.59 Å². The third-order valence-corrected chi connectivity index (χ3v) is 4.58. The molecule has 3 rings (SSSR count). The fourth-order valence-corrected chi connectivity index (χ4v) is 3.51. The zero-order chi connectivity index (χ0) is 17.3. The number of nitrogens with zero attached hydrogens (tertiary/aromatic N) is 1. The van der Waals surface area contributed by atoms with Gasteiger partial charge in [-0.25, -0.2) is 4.98 Å². The first kappa shape index (κ1) is 16.7. The number of carbonyl (C=O) groups excluding carboxylic acids is 1. The van der Waals surface area contributed by atoms with Crippen molar-refractivity contribution in [2.45, 2.75) is 57.9 Å². The molecule has 1 aliphatic rings. The Kier molecular flexibility index (Phi) is 4.43. The van der Waals surface area contributed by atoms with Crippen LogP contribution in [0.2, 0.25) is 0 Å². The number of para-hydroxylation sites is 1. The first-order valence-electron chi connectivity index (χ1n) is 8.66. The molecular weight excluding hydrogens is 302 g/mol. The Bertz CT molecular complexity index is 804. The summed E-state index contributed by atoms with van der Waals surface area (Å²) in [5, 5.41) is 3.67. The molecule has 0 unspecified atom stereocenters. The van der Waals surface area contributed by atoms with Crippen LogP contribution in [0.3, 0.4) is 0 Å². The van der Waals surface area contributed by atoms with E-state index in [1.165, 1.54) is 0 Å². The molecule has 1 aliphatic carbocycles. The number of H-pyrrole nitrogens is 1. The summed E-state index contributed by atoms with van der Waals surface area (Å²) in [5.41, 5.74) is 0.302. The van der Waals surface area contributed by atoms with Gasteiger partial charge in [-0.2, -0.15) is 0 Å². The van der Waals surface area contributed by atoms with Gasteiger partial charge in [-0.15, -0.1) is 0 Å². The van der Waals surface area contributed by atoms with Gasteiger partial charge >= 0.3 is 0 Å². The maximum absolute atomic E-state index is 12.7. The Hall–Kier alpha value is -2.17. The summed E-state index contributed by atoms with van der Waals surface area (Å²) in [6, 6.07) is 7.33. The molecule has 2 atom stereocenters. The molecule has 5 heteroatoms. The Morgan fingerprint density at radius 1 is 1.21 bits per heavy atom. The van der Waals surface area contributed by atoms with E-state index in [-0.39, 0.29) is 28.8 Å². The molecule has 0 saturated heterocycles. The van der Waals surface area contributed by atoms with Gasteiger partial charge < -0.3 is 10.3 Å². The number of nitrogens with one attached hydrogen (secondary N) is 2. The fraction of sp³-hybridized carbons (Fsp3) is 0.526. The number of aromatic nitrogens is 2. The predicted octanol–water partition coefficient (Wildman–Crippen LogP) is 3.11. The molecule has 2 N–H and O–H groups in total. The van der Waals surface area contributed by atoms with Crippen LogP contribution >= 0.6 is 0 Å². The zero-order valence-corrected chi connectivity index (χ0v) is 14.6. The minimum Gasteiger partial charge on any atom is -0.351 e. The number of amides is 1. The lowest BCUT2D eigenvalue weighted by molar-refractivity contribution is -0.128. The summed E-state index contributed by atoms with van der Waals surface area (Å²) < 4.78 is 0. The minimum absolute atomic E-state index is 0.0293. The number of hydrogen-bond donors (Lipinski definition) is 2. The molecule has 0 aliphatic heterocycles. The van der Waals surface area contributed by atoms with Gasteiger partial charge in [-0.1, -0.05) is 25.0 Å². The molecule has 1 fully saturated rings. The molecule has 5 nitrogen and oxygen atoms in total. The van der Waals surface area contributed by atoms with Gasteiger partial charge in [-0.05, 0) is 45.7 Å². The highest BCUT2D eigenvalue weighted by atomic mass is 16.2. The molecule has 0 radical (unpaired) electrons. The monoisotopic (exact) mass is 327 g/mol. The normalized spacial score (nSPS) is 21.6. The second-order valence-corrected chi connectivity index (χ2v) is 7.71. The van der Waals surface area contributed by atoms with Crippen LogP contribution in [0.5, 0.6) is 0 Å². The van der Waals surface area contributed by atoms with Crippen LogP contribution in [-0.2, 0) is 4.79 Å². The Labute approximate surface area is 141 Å². The molecule has 1 heterocycles. The average Bonchev–Trinajstić information content (AvgIpc) is 2.53. The molecule has 128 valence electrons. The van der Waals surface area contributed by atoms with Crippen molar-refractivity contribution in [1.29, 1.82) is 0 Å². The standard InChI is InChI=1S/C19H25N3O2/c1-19(2,3)22-18(24)13-9-5-4-8-12(13)16-20-15-11-7-6-10-14(15)17(23)21-16/h6-7,10-13H,4-5,8-9H2,1-3H3,(H,22,24)(H,20,21,23)/t12-,13-/m0/s1. The van der Waals surface area contributed by atoms with Crippen molar-refractivity contribution in [3.05, 3.63) is 40.4 Å².